The minimum atomic E-state index is -1.85. The first-order chi connectivity index (χ1) is 4.39. The van der Waals surface area contributed by atoms with Gasteiger partial charge >= 0.3 is 0 Å². The predicted molar refractivity (Wildman–Crippen MR) is 44.7 cm³/mol. The van der Waals surface area contributed by atoms with Gasteiger partial charge in [-0.2, -0.15) is 0 Å². The molecule has 0 N–H and O–H groups in total. The molecular formula is C4Cl5O. The molecule has 0 aromatic carbocycles. The van der Waals surface area contributed by atoms with E-state index < -0.39 is 8.82 Å². The van der Waals surface area contributed by atoms with Crippen LogP contribution in [0.5, 0.6) is 0 Å². The molecule has 0 heterocycles. The number of halogens is 5. The second kappa shape index (κ2) is 4.03. The van der Waals surface area contributed by atoms with Crippen LogP contribution in [0.1, 0.15) is 0 Å². The summed E-state index contributed by atoms with van der Waals surface area (Å²) in [6.07, 6.45) is 1.28. The Labute approximate surface area is 82.8 Å². The fourth-order valence-electron chi connectivity index (χ4n) is 0.169. The van der Waals surface area contributed by atoms with Crippen LogP contribution in [0.4, 0.5) is 0 Å². The maximum absolute atomic E-state index is 9.82. The van der Waals surface area contributed by atoms with E-state index in [1.54, 1.807) is 0 Å². The number of allylic oxidation sites excluding steroid dienone is 2. The molecule has 0 bridgehead atoms. The molecule has 0 aromatic rings. The van der Waals surface area contributed by atoms with Crippen molar-refractivity contribution < 1.29 is 4.79 Å². The Morgan fingerprint density at radius 3 is 1.70 bits per heavy atom. The van der Waals surface area contributed by atoms with Gasteiger partial charge < -0.3 is 0 Å². The summed E-state index contributed by atoms with van der Waals surface area (Å²) < 4.78 is -1.85. The second-order valence-corrected chi connectivity index (χ2v) is 4.26. The first kappa shape index (κ1) is 10.9. The summed E-state index contributed by atoms with van der Waals surface area (Å²) in [6.45, 7) is 0. The molecule has 0 spiro atoms. The highest BCUT2D eigenvalue weighted by Gasteiger charge is 2.27. The third-order valence-electron chi connectivity index (χ3n) is 0.531. The highest BCUT2D eigenvalue weighted by Crippen LogP contribution is 2.39. The lowest BCUT2D eigenvalue weighted by Crippen LogP contribution is -2.03. The van der Waals surface area contributed by atoms with Crippen LogP contribution in [-0.2, 0) is 4.79 Å². The average molecular weight is 241 g/mol. The summed E-state index contributed by atoms with van der Waals surface area (Å²) in [7, 11) is 0. The molecule has 6 heteroatoms. The van der Waals surface area contributed by atoms with Crippen LogP contribution >= 0.6 is 58.0 Å². The van der Waals surface area contributed by atoms with Gasteiger partial charge in [0.15, 0.2) is 0 Å². The Kier molecular flexibility index (Phi) is 4.38. The van der Waals surface area contributed by atoms with E-state index in [2.05, 4.69) is 0 Å². The van der Waals surface area contributed by atoms with Gasteiger partial charge in [0.25, 0.3) is 0 Å². The smallest absolute Gasteiger partial charge is 0.247 e. The van der Waals surface area contributed by atoms with E-state index in [0.717, 1.165) is 0 Å². The van der Waals surface area contributed by atoms with E-state index in [1.807, 2.05) is 0 Å². The fourth-order valence-corrected chi connectivity index (χ4v) is 0.778. The third-order valence-corrected chi connectivity index (χ3v) is 2.22. The Bertz CT molecular complexity index is 167. The van der Waals surface area contributed by atoms with Gasteiger partial charge in [0.05, 0.1) is 5.03 Å². The van der Waals surface area contributed by atoms with Gasteiger partial charge in [-0.3, -0.25) is 4.79 Å². The largest absolute Gasteiger partial charge is 0.284 e. The van der Waals surface area contributed by atoms with E-state index in [0.29, 0.717) is 0 Å². The molecule has 0 aliphatic rings. The molecule has 0 amide bonds. The summed E-state index contributed by atoms with van der Waals surface area (Å²) >= 11 is 26.2. The Balaban J connectivity index is 4.63. The molecule has 1 radical (unpaired) electrons. The molecule has 0 fully saturated rings. The Morgan fingerprint density at radius 1 is 1.20 bits per heavy atom. The number of hydrogen-bond donors (Lipinski definition) is 0. The number of hydrogen-bond acceptors (Lipinski definition) is 1. The van der Waals surface area contributed by atoms with Crippen molar-refractivity contribution >= 4 is 64.3 Å². The molecule has 0 aliphatic carbocycles. The minimum absolute atomic E-state index is 0.353. The van der Waals surface area contributed by atoms with E-state index in [1.165, 1.54) is 6.29 Å². The quantitative estimate of drug-likeness (QED) is 0.509. The second-order valence-electron chi connectivity index (χ2n) is 1.23. The van der Waals surface area contributed by atoms with E-state index in [9.17, 15) is 4.79 Å². The number of alkyl halides is 3. The number of rotatable bonds is 1. The van der Waals surface area contributed by atoms with Crippen molar-refractivity contribution in [1.82, 2.24) is 0 Å². The Morgan fingerprint density at radius 2 is 1.60 bits per heavy atom. The van der Waals surface area contributed by atoms with Crippen molar-refractivity contribution in [1.29, 1.82) is 0 Å². The highest BCUT2D eigenvalue weighted by atomic mass is 35.6. The fraction of sp³-hybridized carbons (Fsp3) is 0.250. The van der Waals surface area contributed by atoms with Gasteiger partial charge in [0, 0.05) is 0 Å². The van der Waals surface area contributed by atoms with Crippen molar-refractivity contribution in [3.63, 3.8) is 0 Å². The van der Waals surface area contributed by atoms with E-state index in [-0.39, 0.29) is 5.03 Å². The van der Waals surface area contributed by atoms with Crippen molar-refractivity contribution in [2.24, 2.45) is 0 Å². The van der Waals surface area contributed by atoms with Crippen molar-refractivity contribution in [3.8, 4) is 0 Å². The van der Waals surface area contributed by atoms with Crippen molar-refractivity contribution in [3.05, 3.63) is 10.1 Å². The molecule has 0 rings (SSSR count). The SMILES string of the molecule is O=[C]/C(Cl)=C(\Cl)C(Cl)(Cl)Cl. The summed E-state index contributed by atoms with van der Waals surface area (Å²) in [5, 5.41) is -0.782. The first-order valence-electron chi connectivity index (χ1n) is 1.90. The zero-order valence-corrected chi connectivity index (χ0v) is 8.08. The molecular weight excluding hydrogens is 241 g/mol. The van der Waals surface area contributed by atoms with Gasteiger partial charge in [-0.25, -0.2) is 0 Å². The maximum atomic E-state index is 9.82. The van der Waals surface area contributed by atoms with Gasteiger partial charge in [-0.05, 0) is 0 Å². The lowest BCUT2D eigenvalue weighted by Gasteiger charge is -2.07. The van der Waals surface area contributed by atoms with Gasteiger partial charge in [0.2, 0.25) is 10.1 Å². The van der Waals surface area contributed by atoms with Crippen LogP contribution in [0.3, 0.4) is 0 Å². The maximum Gasteiger partial charge on any atom is 0.247 e. The van der Waals surface area contributed by atoms with Crippen LogP contribution in [0.25, 0.3) is 0 Å². The molecule has 0 aliphatic heterocycles. The highest BCUT2D eigenvalue weighted by molar-refractivity contribution is 6.73. The molecule has 57 valence electrons. The lowest BCUT2D eigenvalue weighted by molar-refractivity contribution is 0.563. The van der Waals surface area contributed by atoms with Crippen molar-refractivity contribution in [2.45, 2.75) is 3.79 Å². The van der Waals surface area contributed by atoms with Crippen LogP contribution < -0.4 is 0 Å². The van der Waals surface area contributed by atoms with E-state index in [4.69, 9.17) is 58.0 Å². The summed E-state index contributed by atoms with van der Waals surface area (Å²) in [6, 6.07) is 0. The molecule has 1 nitrogen and oxygen atoms in total. The standard InChI is InChI=1S/C4Cl5O/c5-2(1-10)3(6)4(7,8)9/b3-2+. The van der Waals surface area contributed by atoms with Crippen LogP contribution in [-0.4, -0.2) is 10.1 Å². The van der Waals surface area contributed by atoms with Crippen LogP contribution in [0.15, 0.2) is 10.1 Å². The molecule has 0 unspecified atom stereocenters. The summed E-state index contributed by atoms with van der Waals surface area (Å²) in [5.41, 5.74) is 0. The van der Waals surface area contributed by atoms with Gasteiger partial charge in [-0.1, -0.05) is 58.0 Å². The normalized spacial score (nSPS) is 14.5. The zero-order chi connectivity index (χ0) is 8.36. The molecule has 0 saturated carbocycles. The lowest BCUT2D eigenvalue weighted by atomic mass is 10.5. The Hall–Kier alpha value is 0.860. The molecule has 0 aromatic heterocycles. The predicted octanol–water partition coefficient (Wildman–Crippen LogP) is 3.16. The summed E-state index contributed by atoms with van der Waals surface area (Å²) in [4.78, 5) is 9.82. The zero-order valence-electron chi connectivity index (χ0n) is 4.30. The molecule has 0 saturated heterocycles. The van der Waals surface area contributed by atoms with Gasteiger partial charge in [0.1, 0.15) is 5.03 Å². The van der Waals surface area contributed by atoms with Crippen LogP contribution in [0.2, 0.25) is 0 Å². The van der Waals surface area contributed by atoms with Crippen molar-refractivity contribution in [2.75, 3.05) is 0 Å². The first-order valence-corrected chi connectivity index (χ1v) is 3.79. The van der Waals surface area contributed by atoms with Gasteiger partial charge in [-0.15, -0.1) is 0 Å². The van der Waals surface area contributed by atoms with E-state index >= 15 is 0 Å². The van der Waals surface area contributed by atoms with Crippen LogP contribution in [0, 0.1) is 0 Å². The minimum Gasteiger partial charge on any atom is -0.284 e. The molecule has 0 atom stereocenters. The number of carbonyl (C=O) groups excluding carboxylic acids is 1. The monoisotopic (exact) mass is 239 g/mol. The topological polar surface area (TPSA) is 17.1 Å². The molecule has 10 heavy (non-hydrogen) atoms. The third kappa shape index (κ3) is 3.31. The average Bonchev–Trinajstić information content (AvgIpc) is 1.83. The summed E-state index contributed by atoms with van der Waals surface area (Å²) in [5.74, 6) is 0.